The molecule has 3 N–H and O–H groups in total. The van der Waals surface area contributed by atoms with Gasteiger partial charge in [-0.25, -0.2) is 0 Å². The Morgan fingerprint density at radius 1 is 1.29 bits per heavy atom. The zero-order valence-electron chi connectivity index (χ0n) is 11.4. The second-order valence-corrected chi connectivity index (χ2v) is 4.41. The topological polar surface area (TPSA) is 104 Å². The van der Waals surface area contributed by atoms with Crippen LogP contribution >= 0.6 is 0 Å². The Bertz CT molecular complexity index is 624. The minimum atomic E-state index is -0.878. The first-order chi connectivity index (χ1) is 10.1. The first kappa shape index (κ1) is 14.7. The van der Waals surface area contributed by atoms with Crippen molar-refractivity contribution in [1.29, 1.82) is 0 Å². The fourth-order valence-electron chi connectivity index (χ4n) is 1.66. The molecule has 2 amide bonds. The molecule has 1 unspecified atom stereocenters. The third-order valence-corrected chi connectivity index (χ3v) is 2.72. The molecule has 1 heterocycles. The SMILES string of the molecule is Cc1cc(NC(=O)C(=O)NCC(O)c2ccccc2)no1. The molecule has 2 rings (SSSR count). The van der Waals surface area contributed by atoms with Gasteiger partial charge in [-0.3, -0.25) is 14.9 Å². The molecular formula is C14H15N3O4. The van der Waals surface area contributed by atoms with E-state index in [2.05, 4.69) is 15.8 Å². The normalized spacial score (nSPS) is 11.7. The Kier molecular flexibility index (Phi) is 4.68. The number of carbonyl (C=O) groups is 2. The van der Waals surface area contributed by atoms with Gasteiger partial charge >= 0.3 is 11.8 Å². The first-order valence-electron chi connectivity index (χ1n) is 6.32. The molecule has 0 aliphatic rings. The van der Waals surface area contributed by atoms with E-state index in [1.54, 1.807) is 31.2 Å². The van der Waals surface area contributed by atoms with Crippen LogP contribution in [0.4, 0.5) is 5.82 Å². The summed E-state index contributed by atoms with van der Waals surface area (Å²) in [7, 11) is 0. The first-order valence-corrected chi connectivity index (χ1v) is 6.32. The highest BCUT2D eigenvalue weighted by atomic mass is 16.5. The van der Waals surface area contributed by atoms with E-state index in [-0.39, 0.29) is 12.4 Å². The highest BCUT2D eigenvalue weighted by Gasteiger charge is 2.17. The maximum Gasteiger partial charge on any atom is 0.314 e. The quantitative estimate of drug-likeness (QED) is 0.721. The van der Waals surface area contributed by atoms with Crippen molar-refractivity contribution in [3.8, 4) is 0 Å². The van der Waals surface area contributed by atoms with Gasteiger partial charge in [0.1, 0.15) is 5.76 Å². The molecule has 0 aliphatic heterocycles. The van der Waals surface area contributed by atoms with Crippen LogP contribution < -0.4 is 10.6 Å². The molecule has 0 saturated carbocycles. The molecule has 0 radical (unpaired) electrons. The number of amides is 2. The van der Waals surface area contributed by atoms with Crippen molar-refractivity contribution < 1.29 is 19.2 Å². The number of aryl methyl sites for hydroxylation is 1. The minimum Gasteiger partial charge on any atom is -0.387 e. The Morgan fingerprint density at radius 3 is 2.62 bits per heavy atom. The van der Waals surface area contributed by atoms with Crippen LogP contribution in [0.15, 0.2) is 40.9 Å². The zero-order valence-corrected chi connectivity index (χ0v) is 11.4. The van der Waals surface area contributed by atoms with E-state index in [0.717, 1.165) is 0 Å². The molecule has 1 aromatic carbocycles. The van der Waals surface area contributed by atoms with Gasteiger partial charge < -0.3 is 14.9 Å². The van der Waals surface area contributed by atoms with Crippen molar-refractivity contribution in [3.05, 3.63) is 47.7 Å². The molecule has 0 spiro atoms. The fourth-order valence-corrected chi connectivity index (χ4v) is 1.66. The predicted octanol–water partition coefficient (Wildman–Crippen LogP) is 0.771. The third-order valence-electron chi connectivity index (χ3n) is 2.72. The van der Waals surface area contributed by atoms with Gasteiger partial charge in [0.15, 0.2) is 5.82 Å². The number of anilines is 1. The number of rotatable bonds is 4. The van der Waals surface area contributed by atoms with E-state index in [1.807, 2.05) is 6.07 Å². The molecule has 0 saturated heterocycles. The summed E-state index contributed by atoms with van der Waals surface area (Å²) < 4.78 is 4.76. The average molecular weight is 289 g/mol. The maximum atomic E-state index is 11.6. The van der Waals surface area contributed by atoms with Gasteiger partial charge in [0.05, 0.1) is 6.10 Å². The third kappa shape index (κ3) is 4.15. The van der Waals surface area contributed by atoms with Gasteiger partial charge in [-0.1, -0.05) is 35.5 Å². The number of nitrogens with one attached hydrogen (secondary N) is 2. The number of aromatic nitrogens is 1. The Morgan fingerprint density at radius 2 is 2.00 bits per heavy atom. The van der Waals surface area contributed by atoms with E-state index in [0.29, 0.717) is 11.3 Å². The summed E-state index contributed by atoms with van der Waals surface area (Å²) in [5, 5.41) is 18.1. The molecular weight excluding hydrogens is 274 g/mol. The van der Waals surface area contributed by atoms with Crippen LogP contribution in [-0.2, 0) is 9.59 Å². The van der Waals surface area contributed by atoms with Crippen LogP contribution in [0.5, 0.6) is 0 Å². The Hall–Kier alpha value is -2.67. The van der Waals surface area contributed by atoms with Crippen LogP contribution in [0.3, 0.4) is 0 Å². The number of aliphatic hydroxyl groups is 1. The van der Waals surface area contributed by atoms with E-state index in [1.165, 1.54) is 6.07 Å². The van der Waals surface area contributed by atoms with Gasteiger partial charge in [-0.05, 0) is 12.5 Å². The number of hydrogen-bond acceptors (Lipinski definition) is 5. The van der Waals surface area contributed by atoms with Gasteiger partial charge in [0, 0.05) is 12.6 Å². The van der Waals surface area contributed by atoms with Crippen LogP contribution in [0.2, 0.25) is 0 Å². The van der Waals surface area contributed by atoms with Crippen molar-refractivity contribution >= 4 is 17.6 Å². The molecule has 0 bridgehead atoms. The Balaban J connectivity index is 1.82. The summed E-state index contributed by atoms with van der Waals surface area (Å²) in [6.07, 6.45) is -0.878. The van der Waals surface area contributed by atoms with Crippen LogP contribution in [-0.4, -0.2) is 28.6 Å². The number of nitrogens with zero attached hydrogens (tertiary/aromatic N) is 1. The summed E-state index contributed by atoms with van der Waals surface area (Å²) in [6, 6.07) is 10.3. The van der Waals surface area contributed by atoms with Crippen molar-refractivity contribution in [3.63, 3.8) is 0 Å². The molecule has 110 valence electrons. The van der Waals surface area contributed by atoms with Crippen molar-refractivity contribution in [1.82, 2.24) is 10.5 Å². The second kappa shape index (κ2) is 6.67. The average Bonchev–Trinajstić information content (AvgIpc) is 2.90. The standard InChI is InChI=1S/C14H15N3O4/c1-9-7-12(17-21-9)16-14(20)13(19)15-8-11(18)10-5-3-2-4-6-10/h2-7,11,18H,8H2,1H3,(H,15,19)(H,16,17,20). The summed E-state index contributed by atoms with van der Waals surface area (Å²) in [4.78, 5) is 23.2. The van der Waals surface area contributed by atoms with Gasteiger partial charge in [-0.2, -0.15) is 0 Å². The Labute approximate surface area is 120 Å². The summed E-state index contributed by atoms with van der Waals surface area (Å²) in [6.45, 7) is 1.60. The van der Waals surface area contributed by atoms with E-state index >= 15 is 0 Å². The van der Waals surface area contributed by atoms with Crippen molar-refractivity contribution in [2.24, 2.45) is 0 Å². The molecule has 2 aromatic rings. The number of benzene rings is 1. The predicted molar refractivity (Wildman–Crippen MR) is 74.3 cm³/mol. The van der Waals surface area contributed by atoms with Crippen LogP contribution in [0.1, 0.15) is 17.4 Å². The summed E-state index contributed by atoms with van der Waals surface area (Å²) >= 11 is 0. The molecule has 1 aromatic heterocycles. The van der Waals surface area contributed by atoms with Crippen molar-refractivity contribution in [2.75, 3.05) is 11.9 Å². The van der Waals surface area contributed by atoms with E-state index in [4.69, 9.17) is 4.52 Å². The van der Waals surface area contributed by atoms with Gasteiger partial charge in [0.2, 0.25) is 0 Å². The second-order valence-electron chi connectivity index (χ2n) is 4.41. The zero-order chi connectivity index (χ0) is 15.2. The van der Waals surface area contributed by atoms with Crippen LogP contribution in [0.25, 0.3) is 0 Å². The largest absolute Gasteiger partial charge is 0.387 e. The van der Waals surface area contributed by atoms with Gasteiger partial charge in [-0.15, -0.1) is 0 Å². The van der Waals surface area contributed by atoms with E-state index in [9.17, 15) is 14.7 Å². The molecule has 1 atom stereocenters. The highest BCUT2D eigenvalue weighted by molar-refractivity contribution is 6.39. The summed E-state index contributed by atoms with van der Waals surface area (Å²) in [5.74, 6) is -1.05. The molecule has 7 nitrogen and oxygen atoms in total. The van der Waals surface area contributed by atoms with Gasteiger partial charge in [0.25, 0.3) is 0 Å². The number of carbonyl (C=O) groups excluding carboxylic acids is 2. The summed E-state index contributed by atoms with van der Waals surface area (Å²) in [5.41, 5.74) is 0.658. The maximum absolute atomic E-state index is 11.6. The molecule has 0 fully saturated rings. The minimum absolute atomic E-state index is 0.0614. The molecule has 7 heteroatoms. The molecule has 21 heavy (non-hydrogen) atoms. The number of hydrogen-bond donors (Lipinski definition) is 3. The lowest BCUT2D eigenvalue weighted by Crippen LogP contribution is -2.37. The molecule has 0 aliphatic carbocycles. The lowest BCUT2D eigenvalue weighted by Gasteiger charge is -2.11. The monoisotopic (exact) mass is 289 g/mol. The number of aliphatic hydroxyl groups excluding tert-OH is 1. The fraction of sp³-hybridized carbons (Fsp3) is 0.214. The lowest BCUT2D eigenvalue weighted by molar-refractivity contribution is -0.136. The van der Waals surface area contributed by atoms with Crippen molar-refractivity contribution in [2.45, 2.75) is 13.0 Å². The lowest BCUT2D eigenvalue weighted by atomic mass is 10.1. The smallest absolute Gasteiger partial charge is 0.314 e. The highest BCUT2D eigenvalue weighted by Crippen LogP contribution is 2.10. The van der Waals surface area contributed by atoms with Crippen LogP contribution in [0, 0.1) is 6.92 Å². The van der Waals surface area contributed by atoms with E-state index < -0.39 is 17.9 Å².